The van der Waals surface area contributed by atoms with Gasteiger partial charge in [0.25, 0.3) is 0 Å². The first-order valence-corrected chi connectivity index (χ1v) is 8.71. The molecule has 0 aliphatic rings. The maximum Gasteiger partial charge on any atom is 0.216 e. The lowest BCUT2D eigenvalue weighted by Crippen LogP contribution is -2.08. The first kappa shape index (κ1) is 17.9. The molecule has 1 heterocycles. The topological polar surface area (TPSA) is 58.4 Å². The summed E-state index contributed by atoms with van der Waals surface area (Å²) in [6.45, 7) is 2.59. The third-order valence-corrected chi connectivity index (χ3v) is 4.07. The van der Waals surface area contributed by atoms with Crippen molar-refractivity contribution in [3.63, 3.8) is 0 Å². The van der Waals surface area contributed by atoms with E-state index in [4.69, 9.17) is 17.0 Å². The van der Waals surface area contributed by atoms with Gasteiger partial charge in [-0.05, 0) is 61.1 Å². The fraction of sp³-hybridized carbons (Fsp3) is 0.211. The largest absolute Gasteiger partial charge is 0.494 e. The molecule has 0 saturated carbocycles. The molecule has 0 bridgehead atoms. The van der Waals surface area contributed by atoms with Gasteiger partial charge in [0.15, 0.2) is 5.82 Å². The molecule has 26 heavy (non-hydrogen) atoms. The Bertz CT molecular complexity index is 939. The zero-order valence-corrected chi connectivity index (χ0v) is 15.8. The van der Waals surface area contributed by atoms with Crippen LogP contribution in [0.4, 0.5) is 5.69 Å². The Labute approximate surface area is 157 Å². The van der Waals surface area contributed by atoms with Gasteiger partial charge in [-0.2, -0.15) is 14.9 Å². The van der Waals surface area contributed by atoms with Gasteiger partial charge in [0.2, 0.25) is 4.77 Å². The highest BCUT2D eigenvalue weighted by molar-refractivity contribution is 7.71. The van der Waals surface area contributed by atoms with Crippen molar-refractivity contribution >= 4 is 24.1 Å². The van der Waals surface area contributed by atoms with E-state index >= 15 is 0 Å². The van der Waals surface area contributed by atoms with Gasteiger partial charge in [-0.1, -0.05) is 12.1 Å². The van der Waals surface area contributed by atoms with Crippen LogP contribution in [-0.4, -0.2) is 41.8 Å². The second-order valence-electron chi connectivity index (χ2n) is 5.85. The number of H-pyrrole nitrogens is 1. The van der Waals surface area contributed by atoms with Gasteiger partial charge in [-0.25, -0.2) is 5.10 Å². The minimum absolute atomic E-state index is 0.440. The molecule has 6 nitrogen and oxygen atoms in total. The number of rotatable bonds is 6. The van der Waals surface area contributed by atoms with E-state index in [9.17, 15) is 0 Å². The molecule has 0 spiro atoms. The van der Waals surface area contributed by atoms with Gasteiger partial charge >= 0.3 is 0 Å². The van der Waals surface area contributed by atoms with Crippen LogP contribution < -0.4 is 9.64 Å². The Hall–Kier alpha value is -2.93. The van der Waals surface area contributed by atoms with Crippen LogP contribution in [0.15, 0.2) is 53.6 Å². The number of hydrogen-bond donors (Lipinski definition) is 1. The summed E-state index contributed by atoms with van der Waals surface area (Å²) >= 11 is 5.31. The molecule has 0 amide bonds. The van der Waals surface area contributed by atoms with Crippen molar-refractivity contribution in [1.82, 2.24) is 14.9 Å². The van der Waals surface area contributed by atoms with Gasteiger partial charge in [0.05, 0.1) is 12.8 Å². The molecule has 3 rings (SSSR count). The highest BCUT2D eigenvalue weighted by Crippen LogP contribution is 2.21. The Kier molecular flexibility index (Phi) is 5.48. The lowest BCUT2D eigenvalue weighted by molar-refractivity contribution is 0.340. The maximum absolute atomic E-state index is 5.48. The van der Waals surface area contributed by atoms with Crippen molar-refractivity contribution in [2.45, 2.75) is 6.92 Å². The van der Waals surface area contributed by atoms with Crippen LogP contribution in [0.2, 0.25) is 0 Å². The van der Waals surface area contributed by atoms with Crippen molar-refractivity contribution in [2.24, 2.45) is 5.10 Å². The highest BCUT2D eigenvalue weighted by Gasteiger charge is 2.08. The molecular formula is C19H21N5OS. The first-order chi connectivity index (χ1) is 12.6. The minimum atomic E-state index is 0.440. The normalized spacial score (nSPS) is 11.0. The summed E-state index contributed by atoms with van der Waals surface area (Å²) in [6, 6.07) is 15.8. The summed E-state index contributed by atoms with van der Waals surface area (Å²) in [7, 11) is 4.02. The zero-order chi connectivity index (χ0) is 18.5. The SMILES string of the molecule is CCOc1ccc(-c2n[nH]c(=S)n2N=Cc2ccc(N(C)C)cc2)cc1. The summed E-state index contributed by atoms with van der Waals surface area (Å²) in [6.07, 6.45) is 1.77. The monoisotopic (exact) mass is 367 g/mol. The molecule has 134 valence electrons. The molecule has 0 aliphatic carbocycles. The van der Waals surface area contributed by atoms with Gasteiger partial charge in [-0.15, -0.1) is 0 Å². The van der Waals surface area contributed by atoms with Crippen molar-refractivity contribution in [1.29, 1.82) is 0 Å². The average molecular weight is 367 g/mol. The number of anilines is 1. The number of ether oxygens (including phenoxy) is 1. The van der Waals surface area contributed by atoms with Crippen LogP contribution >= 0.6 is 12.2 Å². The molecule has 0 aliphatic heterocycles. The van der Waals surface area contributed by atoms with E-state index in [2.05, 4.69) is 20.2 Å². The van der Waals surface area contributed by atoms with E-state index in [0.717, 1.165) is 22.6 Å². The number of nitrogens with zero attached hydrogens (tertiary/aromatic N) is 4. The second kappa shape index (κ2) is 7.97. The molecule has 0 fully saturated rings. The minimum Gasteiger partial charge on any atom is -0.494 e. The van der Waals surface area contributed by atoms with E-state index < -0.39 is 0 Å². The van der Waals surface area contributed by atoms with Crippen LogP contribution in [0.25, 0.3) is 11.4 Å². The van der Waals surface area contributed by atoms with Crippen molar-refractivity contribution in [3.8, 4) is 17.1 Å². The molecule has 1 N–H and O–H groups in total. The Morgan fingerprint density at radius 2 is 1.85 bits per heavy atom. The number of hydrogen-bond acceptors (Lipinski definition) is 5. The molecule has 0 radical (unpaired) electrons. The molecule has 0 unspecified atom stereocenters. The van der Waals surface area contributed by atoms with E-state index in [-0.39, 0.29) is 0 Å². The molecule has 7 heteroatoms. The van der Waals surface area contributed by atoms with Crippen LogP contribution in [0.3, 0.4) is 0 Å². The molecule has 0 atom stereocenters. The van der Waals surface area contributed by atoms with E-state index in [1.807, 2.05) is 69.6 Å². The molecule has 2 aromatic carbocycles. The predicted octanol–water partition coefficient (Wildman–Crippen LogP) is 3.95. The quantitative estimate of drug-likeness (QED) is 0.529. The molecular weight excluding hydrogens is 346 g/mol. The smallest absolute Gasteiger partial charge is 0.216 e. The van der Waals surface area contributed by atoms with Crippen LogP contribution in [0.1, 0.15) is 12.5 Å². The molecule has 1 aromatic heterocycles. The van der Waals surface area contributed by atoms with Crippen molar-refractivity contribution in [3.05, 3.63) is 58.9 Å². The predicted molar refractivity (Wildman–Crippen MR) is 108 cm³/mol. The number of nitrogens with one attached hydrogen (secondary N) is 1. The highest BCUT2D eigenvalue weighted by atomic mass is 32.1. The standard InChI is InChI=1S/C19H21N5OS/c1-4-25-17-11-7-15(8-12-17)18-21-22-19(26)24(18)20-13-14-5-9-16(10-6-14)23(2)3/h5-13H,4H2,1-3H3,(H,22,26). The van der Waals surface area contributed by atoms with Gasteiger partial charge in [0.1, 0.15) is 5.75 Å². The van der Waals surface area contributed by atoms with Gasteiger partial charge in [0, 0.05) is 25.3 Å². The summed E-state index contributed by atoms with van der Waals surface area (Å²) in [4.78, 5) is 2.05. The Morgan fingerprint density at radius 1 is 1.15 bits per heavy atom. The third-order valence-electron chi connectivity index (χ3n) is 3.81. The summed E-state index contributed by atoms with van der Waals surface area (Å²) in [5.74, 6) is 1.47. The Balaban J connectivity index is 1.86. The second-order valence-corrected chi connectivity index (χ2v) is 6.24. The van der Waals surface area contributed by atoms with Gasteiger partial charge in [-0.3, -0.25) is 0 Å². The summed E-state index contributed by atoms with van der Waals surface area (Å²) < 4.78 is 7.53. The number of benzene rings is 2. The number of aromatic amines is 1. The van der Waals surface area contributed by atoms with Crippen LogP contribution in [-0.2, 0) is 0 Å². The lowest BCUT2D eigenvalue weighted by atomic mass is 10.2. The van der Waals surface area contributed by atoms with E-state index in [0.29, 0.717) is 17.2 Å². The summed E-state index contributed by atoms with van der Waals surface area (Å²) in [5, 5.41) is 11.6. The molecule has 0 saturated heterocycles. The first-order valence-electron chi connectivity index (χ1n) is 8.31. The van der Waals surface area contributed by atoms with Crippen molar-refractivity contribution < 1.29 is 4.74 Å². The Morgan fingerprint density at radius 3 is 2.46 bits per heavy atom. The maximum atomic E-state index is 5.48. The lowest BCUT2D eigenvalue weighted by Gasteiger charge is -2.11. The third kappa shape index (κ3) is 4.00. The fourth-order valence-electron chi connectivity index (χ4n) is 2.44. The average Bonchev–Trinajstić information content (AvgIpc) is 3.02. The summed E-state index contributed by atoms with van der Waals surface area (Å²) in [5.41, 5.74) is 3.02. The molecule has 3 aromatic rings. The van der Waals surface area contributed by atoms with Crippen molar-refractivity contribution in [2.75, 3.05) is 25.6 Å². The van der Waals surface area contributed by atoms with Gasteiger partial charge < -0.3 is 9.64 Å². The van der Waals surface area contributed by atoms with Crippen LogP contribution in [0, 0.1) is 4.77 Å². The van der Waals surface area contributed by atoms with E-state index in [1.165, 1.54) is 0 Å². The number of aromatic nitrogens is 3. The fourth-order valence-corrected chi connectivity index (χ4v) is 2.61. The van der Waals surface area contributed by atoms with Crippen LogP contribution in [0.5, 0.6) is 5.75 Å². The zero-order valence-electron chi connectivity index (χ0n) is 15.0. The van der Waals surface area contributed by atoms with E-state index in [1.54, 1.807) is 10.9 Å².